The van der Waals surface area contributed by atoms with Gasteiger partial charge in [0.1, 0.15) is 22.4 Å². The van der Waals surface area contributed by atoms with Crippen molar-refractivity contribution in [1.82, 2.24) is 4.98 Å². The summed E-state index contributed by atoms with van der Waals surface area (Å²) in [5.41, 5.74) is 14.6. The average molecular weight is 765 g/mol. The second-order valence-electron chi connectivity index (χ2n) is 16.0. The number of benzene rings is 8. The minimum atomic E-state index is -0.0772. The highest BCUT2D eigenvalue weighted by molar-refractivity contribution is 6.12. The Kier molecular flexibility index (Phi) is 8.80. The van der Waals surface area contributed by atoms with Crippen molar-refractivity contribution < 1.29 is 13.9 Å². The zero-order chi connectivity index (χ0) is 40.1. The molecule has 0 amide bonds. The SMILES string of the molecule is CC(C)(C)c1ccc(O)c(C=Nc2ccccc2-c2nc3c(-c4cccc5c4oc4ccccc45)cc(-c4ccc(-c5cccc(-c6ccccc6)c5)cc4)cc3o2)c1. The van der Waals surface area contributed by atoms with Crippen molar-refractivity contribution >= 4 is 44.9 Å². The molecule has 0 aliphatic heterocycles. The van der Waals surface area contributed by atoms with Crippen LogP contribution >= 0.6 is 0 Å². The van der Waals surface area contributed by atoms with Gasteiger partial charge in [0.25, 0.3) is 0 Å². The fraction of sp³-hybridized carbons (Fsp3) is 0.0741. The molecule has 284 valence electrons. The van der Waals surface area contributed by atoms with Crippen molar-refractivity contribution in [3.63, 3.8) is 0 Å². The summed E-state index contributed by atoms with van der Waals surface area (Å²) in [6.07, 6.45) is 1.71. The summed E-state index contributed by atoms with van der Waals surface area (Å²) in [6, 6.07) is 60.0. The molecule has 2 aromatic heterocycles. The van der Waals surface area contributed by atoms with E-state index in [0.717, 1.165) is 72.0 Å². The summed E-state index contributed by atoms with van der Waals surface area (Å²) in [7, 11) is 0. The van der Waals surface area contributed by atoms with Gasteiger partial charge in [-0.25, -0.2) is 4.98 Å². The lowest BCUT2D eigenvalue weighted by Gasteiger charge is -2.19. The highest BCUT2D eigenvalue weighted by Crippen LogP contribution is 2.43. The molecule has 10 rings (SSSR count). The number of oxazole rings is 1. The molecular weight excluding hydrogens is 725 g/mol. The van der Waals surface area contributed by atoms with E-state index in [-0.39, 0.29) is 11.2 Å². The lowest BCUT2D eigenvalue weighted by Crippen LogP contribution is -2.11. The van der Waals surface area contributed by atoms with Crippen molar-refractivity contribution in [2.24, 2.45) is 4.99 Å². The monoisotopic (exact) mass is 764 g/mol. The number of furan rings is 1. The lowest BCUT2D eigenvalue weighted by atomic mass is 9.86. The fourth-order valence-corrected chi connectivity index (χ4v) is 7.87. The number of fused-ring (bicyclic) bond motifs is 4. The van der Waals surface area contributed by atoms with Crippen LogP contribution in [0.5, 0.6) is 5.75 Å². The maximum absolute atomic E-state index is 10.7. The Morgan fingerprint density at radius 2 is 1.15 bits per heavy atom. The third-order valence-corrected chi connectivity index (χ3v) is 11.1. The Labute approximate surface area is 342 Å². The first-order chi connectivity index (χ1) is 28.8. The minimum Gasteiger partial charge on any atom is -0.507 e. The molecule has 0 unspecified atom stereocenters. The van der Waals surface area contributed by atoms with E-state index in [1.165, 1.54) is 11.1 Å². The predicted molar refractivity (Wildman–Crippen MR) is 243 cm³/mol. The van der Waals surface area contributed by atoms with Crippen LogP contribution in [0.3, 0.4) is 0 Å². The topological polar surface area (TPSA) is 71.8 Å². The van der Waals surface area contributed by atoms with Gasteiger partial charge in [-0.15, -0.1) is 0 Å². The number of rotatable bonds is 7. The summed E-state index contributed by atoms with van der Waals surface area (Å²) in [5, 5.41) is 12.8. The molecule has 0 radical (unpaired) electrons. The summed E-state index contributed by atoms with van der Waals surface area (Å²) in [6.45, 7) is 6.45. The first-order valence-electron chi connectivity index (χ1n) is 19.9. The van der Waals surface area contributed by atoms with Crippen LogP contribution in [-0.4, -0.2) is 16.3 Å². The van der Waals surface area contributed by atoms with Gasteiger partial charge >= 0.3 is 0 Å². The summed E-state index contributed by atoms with van der Waals surface area (Å²) >= 11 is 0. The van der Waals surface area contributed by atoms with Crippen molar-refractivity contribution in [3.8, 4) is 61.7 Å². The predicted octanol–water partition coefficient (Wildman–Crippen LogP) is 14.8. The van der Waals surface area contributed by atoms with E-state index in [4.69, 9.17) is 18.8 Å². The van der Waals surface area contributed by atoms with Gasteiger partial charge in [0, 0.05) is 33.7 Å². The molecule has 5 nitrogen and oxygen atoms in total. The summed E-state index contributed by atoms with van der Waals surface area (Å²) < 4.78 is 13.3. The number of aliphatic imine (C=N–C) groups is 1. The Morgan fingerprint density at radius 3 is 1.95 bits per heavy atom. The van der Waals surface area contributed by atoms with E-state index in [0.29, 0.717) is 22.7 Å². The number of nitrogens with zero attached hydrogens (tertiary/aromatic N) is 2. The highest BCUT2D eigenvalue weighted by atomic mass is 16.3. The molecule has 1 N–H and O–H groups in total. The van der Waals surface area contributed by atoms with E-state index in [1.54, 1.807) is 12.3 Å². The van der Waals surface area contributed by atoms with Gasteiger partial charge in [-0.2, -0.15) is 0 Å². The van der Waals surface area contributed by atoms with Crippen molar-refractivity contribution in [2.45, 2.75) is 26.2 Å². The van der Waals surface area contributed by atoms with Crippen molar-refractivity contribution in [1.29, 1.82) is 0 Å². The van der Waals surface area contributed by atoms with Crippen LogP contribution in [0.1, 0.15) is 31.9 Å². The van der Waals surface area contributed by atoms with Crippen molar-refractivity contribution in [3.05, 3.63) is 187 Å². The standard InChI is InChI=1S/C54H40N2O3/c1-54(2,3)41-27-28-48(57)40(30-41)33-55-47-21-9-7-18-45(47)53-56-51-46(44-20-12-19-43-42-17-8-10-22-49(42)58-52(43)44)31-39(32-50(51)59-53)36-25-23-35(24-26-36)38-16-11-15-37(29-38)34-13-5-4-6-14-34/h4-33,57H,1-3H3. The molecular formula is C54H40N2O3. The van der Waals surface area contributed by atoms with Gasteiger partial charge in [0.15, 0.2) is 5.58 Å². The molecule has 2 heterocycles. The Bertz CT molecular complexity index is 3200. The second-order valence-corrected chi connectivity index (χ2v) is 16.0. The molecule has 0 saturated carbocycles. The normalized spacial score (nSPS) is 12.0. The number of phenols is 1. The van der Waals surface area contributed by atoms with Crippen LogP contribution in [0.2, 0.25) is 0 Å². The maximum Gasteiger partial charge on any atom is 0.229 e. The number of aromatic nitrogens is 1. The highest BCUT2D eigenvalue weighted by Gasteiger charge is 2.21. The summed E-state index contributed by atoms with van der Waals surface area (Å²) in [5.74, 6) is 0.621. The lowest BCUT2D eigenvalue weighted by molar-refractivity contribution is 0.473. The number of aromatic hydroxyl groups is 1. The van der Waals surface area contributed by atoms with Crippen LogP contribution < -0.4 is 0 Å². The van der Waals surface area contributed by atoms with E-state index < -0.39 is 0 Å². The van der Waals surface area contributed by atoms with Crippen LogP contribution in [-0.2, 0) is 5.41 Å². The number of hydrogen-bond acceptors (Lipinski definition) is 5. The number of phenolic OH excluding ortho intramolecular Hbond substituents is 1. The summed E-state index contributed by atoms with van der Waals surface area (Å²) in [4.78, 5) is 10.1. The molecule has 8 aromatic carbocycles. The first-order valence-corrected chi connectivity index (χ1v) is 19.9. The molecule has 5 heteroatoms. The largest absolute Gasteiger partial charge is 0.507 e. The Balaban J connectivity index is 1.10. The molecule has 0 fully saturated rings. The van der Waals surface area contributed by atoms with Gasteiger partial charge in [0.05, 0.1) is 11.3 Å². The molecule has 0 spiro atoms. The van der Waals surface area contributed by atoms with Gasteiger partial charge in [-0.3, -0.25) is 4.99 Å². The molecule has 10 aromatic rings. The van der Waals surface area contributed by atoms with Crippen LogP contribution in [0.25, 0.3) is 89.0 Å². The van der Waals surface area contributed by atoms with Crippen LogP contribution in [0, 0.1) is 0 Å². The van der Waals surface area contributed by atoms with E-state index >= 15 is 0 Å². The second kappa shape index (κ2) is 14.5. The zero-order valence-electron chi connectivity index (χ0n) is 33.0. The molecule has 0 bridgehead atoms. The molecule has 0 saturated heterocycles. The quantitative estimate of drug-likeness (QED) is 0.164. The number of hydrogen-bond donors (Lipinski definition) is 1. The molecule has 0 atom stereocenters. The van der Waals surface area contributed by atoms with Gasteiger partial charge in [0.2, 0.25) is 5.89 Å². The number of para-hydroxylation sites is 3. The molecule has 0 aliphatic carbocycles. The first kappa shape index (κ1) is 35.9. The Hall–Kier alpha value is -7.50. The third-order valence-electron chi connectivity index (χ3n) is 11.1. The maximum atomic E-state index is 10.7. The van der Waals surface area contributed by atoms with Crippen LogP contribution in [0.4, 0.5) is 5.69 Å². The van der Waals surface area contributed by atoms with Gasteiger partial charge < -0.3 is 13.9 Å². The minimum absolute atomic E-state index is 0.0772. The average Bonchev–Trinajstić information content (AvgIpc) is 3.88. The van der Waals surface area contributed by atoms with Crippen LogP contribution in [0.15, 0.2) is 190 Å². The molecule has 0 aliphatic rings. The third kappa shape index (κ3) is 6.77. The smallest absolute Gasteiger partial charge is 0.229 e. The Morgan fingerprint density at radius 1 is 0.508 bits per heavy atom. The van der Waals surface area contributed by atoms with E-state index in [2.05, 4.69) is 130 Å². The van der Waals surface area contributed by atoms with E-state index in [9.17, 15) is 5.11 Å². The fourth-order valence-electron chi connectivity index (χ4n) is 7.87. The van der Waals surface area contributed by atoms with Gasteiger partial charge in [-0.05, 0) is 92.9 Å². The zero-order valence-corrected chi connectivity index (χ0v) is 33.0. The van der Waals surface area contributed by atoms with Gasteiger partial charge in [-0.1, -0.05) is 148 Å². The van der Waals surface area contributed by atoms with E-state index in [1.807, 2.05) is 60.7 Å². The van der Waals surface area contributed by atoms with Crippen molar-refractivity contribution in [2.75, 3.05) is 0 Å². The molecule has 59 heavy (non-hydrogen) atoms.